The molecule has 0 spiro atoms. The molecule has 1 fully saturated rings. The van der Waals surface area contributed by atoms with Gasteiger partial charge in [0.25, 0.3) is 0 Å². The van der Waals surface area contributed by atoms with Gasteiger partial charge in [0.1, 0.15) is 5.25 Å². The van der Waals surface area contributed by atoms with Gasteiger partial charge in [0, 0.05) is 39.5 Å². The van der Waals surface area contributed by atoms with E-state index >= 15 is 0 Å². The molecule has 0 unspecified atom stereocenters. The van der Waals surface area contributed by atoms with Crippen molar-refractivity contribution in [2.75, 3.05) is 38.7 Å². The first-order valence-corrected chi connectivity index (χ1v) is 8.76. The summed E-state index contributed by atoms with van der Waals surface area (Å²) in [6, 6.07) is 9.95. The molecule has 1 aliphatic heterocycles. The molecule has 1 aliphatic rings. The molecule has 1 saturated heterocycles. The maximum Gasteiger partial charge on any atom is 0.219 e. The standard InChI is InChI=1S/C15H24N2O3S/c1-13-15(9-12-20-13)21(18,19)17(3)11-10-16(2)14-7-5-4-6-8-14/h4-8,13,15H,9-12H2,1-3H3/t13-,15-/m0/s1. The van der Waals surface area contributed by atoms with Gasteiger partial charge < -0.3 is 9.64 Å². The number of para-hydroxylation sites is 1. The molecule has 0 saturated carbocycles. The van der Waals surface area contributed by atoms with Gasteiger partial charge in [-0.15, -0.1) is 0 Å². The summed E-state index contributed by atoms with van der Waals surface area (Å²) < 4.78 is 31.9. The van der Waals surface area contributed by atoms with Crippen LogP contribution < -0.4 is 4.90 Å². The van der Waals surface area contributed by atoms with E-state index in [-0.39, 0.29) is 6.10 Å². The van der Waals surface area contributed by atoms with E-state index in [0.29, 0.717) is 26.1 Å². The molecule has 5 nitrogen and oxygen atoms in total. The number of hydrogen-bond donors (Lipinski definition) is 0. The van der Waals surface area contributed by atoms with E-state index in [1.807, 2.05) is 44.3 Å². The molecule has 0 bridgehead atoms. The second-order valence-corrected chi connectivity index (χ2v) is 7.79. The van der Waals surface area contributed by atoms with Crippen LogP contribution in [0.4, 0.5) is 5.69 Å². The Morgan fingerprint density at radius 1 is 1.19 bits per heavy atom. The van der Waals surface area contributed by atoms with Crippen molar-refractivity contribution in [2.24, 2.45) is 0 Å². The third-order valence-corrected chi connectivity index (χ3v) is 6.51. The van der Waals surface area contributed by atoms with Crippen LogP contribution in [0.15, 0.2) is 30.3 Å². The summed E-state index contributed by atoms with van der Waals surface area (Å²) in [6.45, 7) is 3.49. The van der Waals surface area contributed by atoms with Gasteiger partial charge in [0.05, 0.1) is 6.10 Å². The first kappa shape index (κ1) is 16.3. The van der Waals surface area contributed by atoms with E-state index in [4.69, 9.17) is 4.74 Å². The lowest BCUT2D eigenvalue weighted by molar-refractivity contribution is 0.125. The van der Waals surface area contributed by atoms with Crippen molar-refractivity contribution in [1.82, 2.24) is 4.31 Å². The van der Waals surface area contributed by atoms with E-state index in [9.17, 15) is 8.42 Å². The summed E-state index contributed by atoms with van der Waals surface area (Å²) in [7, 11) is 0.337. The highest BCUT2D eigenvalue weighted by Crippen LogP contribution is 2.23. The molecular formula is C15H24N2O3S. The summed E-state index contributed by atoms with van der Waals surface area (Å²) in [5, 5.41) is -0.412. The Balaban J connectivity index is 1.93. The van der Waals surface area contributed by atoms with Crippen molar-refractivity contribution >= 4 is 15.7 Å². The van der Waals surface area contributed by atoms with Crippen molar-refractivity contribution in [3.05, 3.63) is 30.3 Å². The first-order valence-electron chi connectivity index (χ1n) is 7.26. The number of benzene rings is 1. The SMILES string of the molecule is C[C@@H]1OCC[C@@H]1S(=O)(=O)N(C)CCN(C)c1ccccc1. The first-order chi connectivity index (χ1) is 9.93. The molecule has 2 atom stereocenters. The minimum absolute atomic E-state index is 0.218. The van der Waals surface area contributed by atoms with Crippen LogP contribution in [0.5, 0.6) is 0 Å². The number of sulfonamides is 1. The van der Waals surface area contributed by atoms with Crippen molar-refractivity contribution in [3.63, 3.8) is 0 Å². The second kappa shape index (κ2) is 6.77. The van der Waals surface area contributed by atoms with Gasteiger partial charge in [-0.1, -0.05) is 18.2 Å². The summed E-state index contributed by atoms with van der Waals surface area (Å²) in [6.07, 6.45) is 0.367. The Morgan fingerprint density at radius 2 is 1.86 bits per heavy atom. The highest BCUT2D eigenvalue weighted by molar-refractivity contribution is 7.89. The Labute approximate surface area is 127 Å². The van der Waals surface area contributed by atoms with E-state index < -0.39 is 15.3 Å². The molecule has 0 radical (unpaired) electrons. The average molecular weight is 312 g/mol. The lowest BCUT2D eigenvalue weighted by Gasteiger charge is -2.26. The number of likely N-dealkylation sites (N-methyl/N-ethyl adjacent to an activating group) is 2. The second-order valence-electron chi connectivity index (χ2n) is 5.53. The number of hydrogen-bond acceptors (Lipinski definition) is 4. The monoisotopic (exact) mass is 312 g/mol. The van der Waals surface area contributed by atoms with Crippen LogP contribution in [0, 0.1) is 0 Å². The zero-order valence-electron chi connectivity index (χ0n) is 12.9. The molecule has 1 aromatic carbocycles. The Kier molecular flexibility index (Phi) is 5.24. The summed E-state index contributed by atoms with van der Waals surface area (Å²) >= 11 is 0. The molecule has 6 heteroatoms. The van der Waals surface area contributed by atoms with Crippen LogP contribution in [-0.4, -0.2) is 57.9 Å². The summed E-state index contributed by atoms with van der Waals surface area (Å²) in [5.74, 6) is 0. The highest BCUT2D eigenvalue weighted by Gasteiger charge is 2.38. The highest BCUT2D eigenvalue weighted by atomic mass is 32.2. The molecule has 0 amide bonds. The molecule has 2 rings (SSSR count). The number of ether oxygens (including phenoxy) is 1. The van der Waals surface area contributed by atoms with E-state index in [1.54, 1.807) is 7.05 Å². The van der Waals surface area contributed by atoms with E-state index in [2.05, 4.69) is 4.90 Å². The number of anilines is 1. The Bertz CT molecular complexity index is 547. The van der Waals surface area contributed by atoms with Crippen LogP contribution >= 0.6 is 0 Å². The van der Waals surface area contributed by atoms with Crippen molar-refractivity contribution in [2.45, 2.75) is 24.7 Å². The van der Waals surface area contributed by atoms with Gasteiger partial charge in [-0.25, -0.2) is 12.7 Å². The maximum absolute atomic E-state index is 12.5. The van der Waals surface area contributed by atoms with Gasteiger partial charge in [-0.05, 0) is 25.5 Å². The summed E-state index contributed by atoms with van der Waals surface area (Å²) in [4.78, 5) is 2.06. The topological polar surface area (TPSA) is 49.9 Å². The average Bonchev–Trinajstić information content (AvgIpc) is 2.92. The number of nitrogens with zero attached hydrogens (tertiary/aromatic N) is 2. The van der Waals surface area contributed by atoms with Crippen LogP contribution in [0.25, 0.3) is 0 Å². The Morgan fingerprint density at radius 3 is 2.43 bits per heavy atom. The van der Waals surface area contributed by atoms with Crippen LogP contribution in [0.2, 0.25) is 0 Å². The lowest BCUT2D eigenvalue weighted by Crippen LogP contribution is -2.42. The molecule has 118 valence electrons. The van der Waals surface area contributed by atoms with Crippen LogP contribution in [-0.2, 0) is 14.8 Å². The fourth-order valence-electron chi connectivity index (χ4n) is 2.56. The molecule has 0 N–H and O–H groups in total. The van der Waals surface area contributed by atoms with Crippen molar-refractivity contribution in [3.8, 4) is 0 Å². The zero-order chi connectivity index (χ0) is 15.5. The predicted octanol–water partition coefficient (Wildman–Crippen LogP) is 1.56. The summed E-state index contributed by atoms with van der Waals surface area (Å²) in [5.41, 5.74) is 1.08. The molecule has 1 heterocycles. The third kappa shape index (κ3) is 3.75. The molecule has 21 heavy (non-hydrogen) atoms. The van der Waals surface area contributed by atoms with Crippen molar-refractivity contribution in [1.29, 1.82) is 0 Å². The third-order valence-electron chi connectivity index (χ3n) is 4.07. The molecular weight excluding hydrogens is 288 g/mol. The minimum Gasteiger partial charge on any atom is -0.377 e. The van der Waals surface area contributed by atoms with Gasteiger partial charge in [0.15, 0.2) is 0 Å². The van der Waals surface area contributed by atoms with Gasteiger partial charge in [-0.2, -0.15) is 0 Å². The maximum atomic E-state index is 12.5. The van der Waals surface area contributed by atoms with Crippen LogP contribution in [0.1, 0.15) is 13.3 Å². The van der Waals surface area contributed by atoms with Gasteiger partial charge >= 0.3 is 0 Å². The zero-order valence-corrected chi connectivity index (χ0v) is 13.7. The fraction of sp³-hybridized carbons (Fsp3) is 0.600. The van der Waals surface area contributed by atoms with Gasteiger partial charge in [0.2, 0.25) is 10.0 Å². The molecule has 0 aliphatic carbocycles. The Hall–Kier alpha value is -1.11. The van der Waals surface area contributed by atoms with E-state index in [0.717, 1.165) is 5.69 Å². The minimum atomic E-state index is -3.28. The smallest absolute Gasteiger partial charge is 0.219 e. The normalized spacial score (nSPS) is 22.7. The lowest BCUT2D eigenvalue weighted by atomic mass is 10.3. The molecule has 1 aromatic rings. The quantitative estimate of drug-likeness (QED) is 0.800. The van der Waals surface area contributed by atoms with Crippen LogP contribution in [0.3, 0.4) is 0 Å². The predicted molar refractivity (Wildman–Crippen MR) is 85.1 cm³/mol. The largest absolute Gasteiger partial charge is 0.377 e. The van der Waals surface area contributed by atoms with Gasteiger partial charge in [-0.3, -0.25) is 0 Å². The fourth-order valence-corrected chi connectivity index (χ4v) is 4.32. The van der Waals surface area contributed by atoms with E-state index in [1.165, 1.54) is 4.31 Å². The van der Waals surface area contributed by atoms with Crippen molar-refractivity contribution < 1.29 is 13.2 Å². The molecule has 0 aromatic heterocycles. The number of rotatable bonds is 6.